The second kappa shape index (κ2) is 4.73. The van der Waals surface area contributed by atoms with Gasteiger partial charge < -0.3 is 10.2 Å². The van der Waals surface area contributed by atoms with E-state index in [-0.39, 0.29) is 5.91 Å². The lowest BCUT2D eigenvalue weighted by Crippen LogP contribution is -2.24. The predicted molar refractivity (Wildman–Crippen MR) is 89.9 cm³/mol. The maximum absolute atomic E-state index is 12.3. The van der Waals surface area contributed by atoms with Gasteiger partial charge in [-0.25, -0.2) is 0 Å². The molecule has 0 fully saturated rings. The molecule has 1 unspecified atom stereocenters. The Hall–Kier alpha value is -2.55. The van der Waals surface area contributed by atoms with E-state index in [1.54, 1.807) is 0 Å². The average molecular weight is 290 g/mol. The number of carbonyl (C=O) groups excluding carboxylic acids is 1. The smallest absolute Gasteiger partial charge is 0.257 e. The summed E-state index contributed by atoms with van der Waals surface area (Å²) in [5, 5.41) is 2.97. The summed E-state index contributed by atoms with van der Waals surface area (Å²) in [6.07, 6.45) is 3.02. The molecule has 22 heavy (non-hydrogen) atoms. The van der Waals surface area contributed by atoms with E-state index in [1.807, 2.05) is 31.3 Å². The van der Waals surface area contributed by atoms with Crippen LogP contribution in [0.1, 0.15) is 23.6 Å². The first-order valence-electron chi connectivity index (χ1n) is 7.64. The summed E-state index contributed by atoms with van der Waals surface area (Å²) in [6.45, 7) is 4.23. The number of hydrogen-bond donors (Lipinski definition) is 1. The van der Waals surface area contributed by atoms with Gasteiger partial charge in [-0.15, -0.1) is 0 Å². The summed E-state index contributed by atoms with van der Waals surface area (Å²) in [6, 6.07) is 14.9. The molecule has 1 amide bonds. The van der Waals surface area contributed by atoms with Gasteiger partial charge in [0.25, 0.3) is 5.91 Å². The van der Waals surface area contributed by atoms with Crippen LogP contribution in [-0.4, -0.2) is 11.9 Å². The molecule has 3 heteroatoms. The summed E-state index contributed by atoms with van der Waals surface area (Å²) < 4.78 is 0. The molecule has 0 saturated heterocycles. The molecule has 0 saturated carbocycles. The van der Waals surface area contributed by atoms with E-state index >= 15 is 0 Å². The number of benzene rings is 2. The second-order valence-electron chi connectivity index (χ2n) is 6.14. The number of fused-ring (bicyclic) bond motifs is 2. The van der Waals surface area contributed by atoms with E-state index < -0.39 is 0 Å². The molecule has 2 aromatic carbocycles. The number of para-hydroxylation sites is 1. The van der Waals surface area contributed by atoms with Crippen molar-refractivity contribution in [2.45, 2.75) is 26.3 Å². The van der Waals surface area contributed by atoms with Crippen molar-refractivity contribution in [2.24, 2.45) is 0 Å². The molecular formula is C19H18N2O. The van der Waals surface area contributed by atoms with Crippen LogP contribution in [0.15, 0.2) is 48.7 Å². The number of amides is 1. The Morgan fingerprint density at radius 3 is 2.91 bits per heavy atom. The number of hydrogen-bond acceptors (Lipinski definition) is 2. The lowest BCUT2D eigenvalue weighted by Gasteiger charge is -2.21. The topological polar surface area (TPSA) is 32.3 Å². The fourth-order valence-corrected chi connectivity index (χ4v) is 3.36. The molecule has 0 aliphatic carbocycles. The molecule has 2 aliphatic rings. The minimum absolute atomic E-state index is 0.0165. The lowest BCUT2D eigenvalue weighted by atomic mass is 10.1. The number of anilines is 2. The average Bonchev–Trinajstić information content (AvgIpc) is 2.97. The van der Waals surface area contributed by atoms with Gasteiger partial charge in [-0.1, -0.05) is 30.3 Å². The third kappa shape index (κ3) is 1.93. The molecule has 1 N–H and O–H groups in total. The monoisotopic (exact) mass is 290 g/mol. The maximum Gasteiger partial charge on any atom is 0.257 e. The maximum atomic E-state index is 12.3. The number of nitrogens with one attached hydrogen (secondary N) is 1. The van der Waals surface area contributed by atoms with Crippen molar-refractivity contribution in [1.82, 2.24) is 0 Å². The molecule has 4 rings (SSSR count). The van der Waals surface area contributed by atoms with Gasteiger partial charge >= 0.3 is 0 Å². The van der Waals surface area contributed by atoms with Gasteiger partial charge in [-0.2, -0.15) is 0 Å². The van der Waals surface area contributed by atoms with E-state index in [1.165, 1.54) is 11.3 Å². The molecule has 3 nitrogen and oxygen atoms in total. The Kier molecular flexibility index (Phi) is 2.83. The van der Waals surface area contributed by atoms with Crippen LogP contribution in [-0.2, 0) is 11.2 Å². The fourth-order valence-electron chi connectivity index (χ4n) is 3.36. The van der Waals surface area contributed by atoms with E-state index in [4.69, 9.17) is 0 Å². The first-order valence-corrected chi connectivity index (χ1v) is 7.64. The zero-order valence-corrected chi connectivity index (χ0v) is 12.8. The fraction of sp³-hybridized carbons (Fsp3) is 0.211. The van der Waals surface area contributed by atoms with Crippen LogP contribution >= 0.6 is 0 Å². The van der Waals surface area contributed by atoms with Crippen LogP contribution < -0.4 is 10.2 Å². The Morgan fingerprint density at radius 2 is 2.05 bits per heavy atom. The Balaban J connectivity index is 1.80. The van der Waals surface area contributed by atoms with Crippen molar-refractivity contribution < 1.29 is 4.79 Å². The standard InChI is InChI=1S/C19H18N2O/c1-12-7-8-15-16(19(22)20-17(15)9-12)11-21-13(2)10-14-5-3-4-6-18(14)21/h3-9,11,13H,10H2,1-2H3,(H,20,22)/b16-11+. The largest absolute Gasteiger partial charge is 0.344 e. The highest BCUT2D eigenvalue weighted by atomic mass is 16.2. The molecule has 2 aliphatic heterocycles. The zero-order valence-electron chi connectivity index (χ0n) is 12.8. The van der Waals surface area contributed by atoms with Crippen LogP contribution in [0.2, 0.25) is 0 Å². The molecule has 0 radical (unpaired) electrons. The third-order valence-electron chi connectivity index (χ3n) is 4.49. The first kappa shape index (κ1) is 13.1. The Bertz CT molecular complexity index is 807. The lowest BCUT2D eigenvalue weighted by molar-refractivity contribution is -0.110. The quantitative estimate of drug-likeness (QED) is 0.811. The van der Waals surface area contributed by atoms with Gasteiger partial charge in [0.05, 0.1) is 5.57 Å². The highest BCUT2D eigenvalue weighted by molar-refractivity contribution is 6.31. The van der Waals surface area contributed by atoms with Crippen molar-refractivity contribution in [3.05, 3.63) is 65.4 Å². The number of carbonyl (C=O) groups is 1. The van der Waals surface area contributed by atoms with Gasteiger partial charge in [0, 0.05) is 29.2 Å². The Labute approximate surface area is 130 Å². The zero-order chi connectivity index (χ0) is 15.3. The molecular weight excluding hydrogens is 272 g/mol. The molecule has 1 atom stereocenters. The highest BCUT2D eigenvalue weighted by Gasteiger charge is 2.29. The molecule has 0 bridgehead atoms. The number of nitrogens with zero attached hydrogens (tertiary/aromatic N) is 1. The van der Waals surface area contributed by atoms with Gasteiger partial charge in [-0.3, -0.25) is 4.79 Å². The van der Waals surface area contributed by atoms with E-state index in [0.29, 0.717) is 6.04 Å². The van der Waals surface area contributed by atoms with Crippen molar-refractivity contribution in [1.29, 1.82) is 0 Å². The summed E-state index contributed by atoms with van der Waals surface area (Å²) >= 11 is 0. The summed E-state index contributed by atoms with van der Waals surface area (Å²) in [5.74, 6) is -0.0165. The summed E-state index contributed by atoms with van der Waals surface area (Å²) in [5.41, 5.74) is 6.35. The predicted octanol–water partition coefficient (Wildman–Crippen LogP) is 3.74. The van der Waals surface area contributed by atoms with Crippen LogP contribution in [0, 0.1) is 6.92 Å². The first-order chi connectivity index (χ1) is 10.6. The van der Waals surface area contributed by atoms with E-state index in [2.05, 4.69) is 41.4 Å². The molecule has 0 spiro atoms. The van der Waals surface area contributed by atoms with Gasteiger partial charge in [0.2, 0.25) is 0 Å². The van der Waals surface area contributed by atoms with Crippen molar-refractivity contribution in [3.8, 4) is 0 Å². The van der Waals surface area contributed by atoms with Crippen molar-refractivity contribution in [3.63, 3.8) is 0 Å². The summed E-state index contributed by atoms with van der Waals surface area (Å²) in [7, 11) is 0. The van der Waals surface area contributed by atoms with Gasteiger partial charge in [0.1, 0.15) is 0 Å². The normalized spacial score (nSPS) is 21.0. The molecule has 2 aromatic rings. The molecule has 110 valence electrons. The minimum Gasteiger partial charge on any atom is -0.344 e. The van der Waals surface area contributed by atoms with Gasteiger partial charge in [0.15, 0.2) is 0 Å². The van der Waals surface area contributed by atoms with Gasteiger partial charge in [-0.05, 0) is 43.5 Å². The van der Waals surface area contributed by atoms with Crippen LogP contribution in [0.5, 0.6) is 0 Å². The molecule has 0 aromatic heterocycles. The van der Waals surface area contributed by atoms with Crippen molar-refractivity contribution in [2.75, 3.05) is 10.2 Å². The highest BCUT2D eigenvalue weighted by Crippen LogP contribution is 2.37. The van der Waals surface area contributed by atoms with Crippen LogP contribution in [0.25, 0.3) is 5.57 Å². The second-order valence-corrected chi connectivity index (χ2v) is 6.14. The third-order valence-corrected chi connectivity index (χ3v) is 4.49. The Morgan fingerprint density at radius 1 is 1.23 bits per heavy atom. The van der Waals surface area contributed by atoms with Crippen molar-refractivity contribution >= 4 is 22.9 Å². The van der Waals surface area contributed by atoms with Crippen LogP contribution in [0.3, 0.4) is 0 Å². The van der Waals surface area contributed by atoms with E-state index in [9.17, 15) is 4.79 Å². The van der Waals surface area contributed by atoms with E-state index in [0.717, 1.165) is 28.8 Å². The minimum atomic E-state index is -0.0165. The number of rotatable bonds is 1. The summed E-state index contributed by atoms with van der Waals surface area (Å²) in [4.78, 5) is 14.6. The SMILES string of the molecule is Cc1ccc2c(c1)NC(=O)/C2=C/N1c2ccccc2CC1C. The molecule has 2 heterocycles. The van der Waals surface area contributed by atoms with Crippen LogP contribution in [0.4, 0.5) is 11.4 Å². The number of aryl methyl sites for hydroxylation is 1.